The van der Waals surface area contributed by atoms with Gasteiger partial charge >= 0.3 is 0 Å². The Kier molecular flexibility index (Phi) is 5.19. The van der Waals surface area contributed by atoms with E-state index in [4.69, 9.17) is 0 Å². The van der Waals surface area contributed by atoms with Crippen molar-refractivity contribution in [3.05, 3.63) is 12.2 Å². The molecule has 0 saturated heterocycles. The van der Waals surface area contributed by atoms with Crippen molar-refractivity contribution in [1.29, 1.82) is 0 Å². The predicted octanol–water partition coefficient (Wildman–Crippen LogP) is 4.12. The molecule has 2 unspecified atom stereocenters. The van der Waals surface area contributed by atoms with Gasteiger partial charge in [0.1, 0.15) is 5.67 Å². The average Bonchev–Trinajstić information content (AvgIpc) is 2.19. The Morgan fingerprint density at radius 1 is 1.42 bits per heavy atom. The number of halogens is 1. The zero-order valence-corrected chi connectivity index (χ0v) is 8.73. The molecule has 1 aliphatic carbocycles. The van der Waals surface area contributed by atoms with Gasteiger partial charge in [-0.3, -0.25) is 0 Å². The van der Waals surface area contributed by atoms with Crippen LogP contribution in [0.15, 0.2) is 12.2 Å². The van der Waals surface area contributed by atoms with Crippen molar-refractivity contribution in [3.63, 3.8) is 0 Å². The lowest BCUT2D eigenvalue weighted by Crippen LogP contribution is -2.23. The highest BCUT2D eigenvalue weighted by molar-refractivity contribution is 5.03. The van der Waals surface area contributed by atoms with E-state index in [0.29, 0.717) is 0 Å². The molecular formula is C11H21F. The van der Waals surface area contributed by atoms with Gasteiger partial charge in [0.2, 0.25) is 0 Å². The standard InChI is InChI=1S/C9H15F.C2H6/c1-8-6-4-3-5-7-9(8,2)10;1-2/h5,7-8H,3-4,6H2,1-2H3;1-2H3. The Bertz CT molecular complexity index is 136. The van der Waals surface area contributed by atoms with Crippen LogP contribution in [0, 0.1) is 5.92 Å². The zero-order chi connectivity index (χ0) is 9.61. The summed E-state index contributed by atoms with van der Waals surface area (Å²) >= 11 is 0. The lowest BCUT2D eigenvalue weighted by Gasteiger charge is -2.22. The summed E-state index contributed by atoms with van der Waals surface area (Å²) in [5.41, 5.74) is -1.06. The summed E-state index contributed by atoms with van der Waals surface area (Å²) in [5.74, 6) is 0.186. The van der Waals surface area contributed by atoms with E-state index in [1.165, 1.54) is 0 Å². The van der Waals surface area contributed by atoms with Gasteiger partial charge in [0.15, 0.2) is 0 Å². The molecule has 0 bridgehead atoms. The summed E-state index contributed by atoms with van der Waals surface area (Å²) in [6, 6.07) is 0. The highest BCUT2D eigenvalue weighted by atomic mass is 19.1. The van der Waals surface area contributed by atoms with Crippen molar-refractivity contribution in [2.75, 3.05) is 0 Å². The average molecular weight is 172 g/mol. The smallest absolute Gasteiger partial charge is 0.128 e. The minimum atomic E-state index is -1.06. The number of hydrogen-bond acceptors (Lipinski definition) is 0. The van der Waals surface area contributed by atoms with E-state index in [9.17, 15) is 4.39 Å². The van der Waals surface area contributed by atoms with Crippen molar-refractivity contribution in [1.82, 2.24) is 0 Å². The Morgan fingerprint density at radius 3 is 2.58 bits per heavy atom. The molecule has 0 aliphatic heterocycles. The molecule has 0 saturated carbocycles. The predicted molar refractivity (Wildman–Crippen MR) is 53.0 cm³/mol. The third-order valence-electron chi connectivity index (χ3n) is 2.42. The van der Waals surface area contributed by atoms with E-state index in [1.807, 2.05) is 26.8 Å². The summed E-state index contributed by atoms with van der Waals surface area (Å²) in [5, 5.41) is 0. The van der Waals surface area contributed by atoms with Gasteiger partial charge in [-0.2, -0.15) is 0 Å². The van der Waals surface area contributed by atoms with Crippen LogP contribution in [0.25, 0.3) is 0 Å². The van der Waals surface area contributed by atoms with E-state index in [-0.39, 0.29) is 5.92 Å². The van der Waals surface area contributed by atoms with Gasteiger partial charge in [0.05, 0.1) is 0 Å². The summed E-state index contributed by atoms with van der Waals surface area (Å²) in [6.07, 6.45) is 6.87. The quantitative estimate of drug-likeness (QED) is 0.482. The first-order valence-electron chi connectivity index (χ1n) is 4.99. The van der Waals surface area contributed by atoms with E-state index in [2.05, 4.69) is 0 Å². The van der Waals surface area contributed by atoms with Crippen LogP contribution >= 0.6 is 0 Å². The summed E-state index contributed by atoms with van der Waals surface area (Å²) < 4.78 is 13.4. The van der Waals surface area contributed by atoms with Crippen molar-refractivity contribution in [3.8, 4) is 0 Å². The Hall–Kier alpha value is -0.330. The third-order valence-corrected chi connectivity index (χ3v) is 2.42. The van der Waals surface area contributed by atoms with Crippen LogP contribution < -0.4 is 0 Å². The molecule has 1 heteroatoms. The largest absolute Gasteiger partial charge is 0.239 e. The molecule has 2 atom stereocenters. The van der Waals surface area contributed by atoms with Crippen molar-refractivity contribution < 1.29 is 4.39 Å². The van der Waals surface area contributed by atoms with Crippen LogP contribution in [-0.4, -0.2) is 5.67 Å². The summed E-state index contributed by atoms with van der Waals surface area (Å²) in [7, 11) is 0. The van der Waals surface area contributed by atoms with Gasteiger partial charge in [0, 0.05) is 0 Å². The number of rotatable bonds is 0. The van der Waals surface area contributed by atoms with E-state index < -0.39 is 5.67 Å². The molecule has 0 N–H and O–H groups in total. The fourth-order valence-corrected chi connectivity index (χ4v) is 1.30. The summed E-state index contributed by atoms with van der Waals surface area (Å²) in [4.78, 5) is 0. The topological polar surface area (TPSA) is 0 Å². The maximum Gasteiger partial charge on any atom is 0.128 e. The lowest BCUT2D eigenvalue weighted by molar-refractivity contribution is 0.166. The first kappa shape index (κ1) is 11.7. The fraction of sp³-hybridized carbons (Fsp3) is 0.818. The molecule has 0 heterocycles. The van der Waals surface area contributed by atoms with Crippen LogP contribution in [0.5, 0.6) is 0 Å². The Labute approximate surface area is 75.9 Å². The van der Waals surface area contributed by atoms with Crippen LogP contribution in [0.3, 0.4) is 0 Å². The number of hydrogen-bond donors (Lipinski definition) is 0. The second-order valence-corrected chi connectivity index (χ2v) is 3.39. The number of alkyl halides is 1. The molecule has 72 valence electrons. The molecule has 0 aromatic rings. The molecule has 0 nitrogen and oxygen atoms in total. The zero-order valence-electron chi connectivity index (χ0n) is 8.73. The first-order chi connectivity index (χ1) is 5.63. The van der Waals surface area contributed by atoms with Gasteiger partial charge in [0.25, 0.3) is 0 Å². The van der Waals surface area contributed by atoms with Gasteiger partial charge in [-0.05, 0) is 32.1 Å². The van der Waals surface area contributed by atoms with Crippen molar-refractivity contribution in [2.24, 2.45) is 5.92 Å². The molecule has 0 aromatic carbocycles. The first-order valence-corrected chi connectivity index (χ1v) is 4.99. The second-order valence-electron chi connectivity index (χ2n) is 3.39. The molecule has 0 amide bonds. The molecule has 0 radical (unpaired) electrons. The lowest BCUT2D eigenvalue weighted by atomic mass is 9.90. The van der Waals surface area contributed by atoms with Crippen LogP contribution in [-0.2, 0) is 0 Å². The summed E-state index contributed by atoms with van der Waals surface area (Å²) in [6.45, 7) is 7.65. The fourth-order valence-electron chi connectivity index (χ4n) is 1.30. The van der Waals surface area contributed by atoms with Crippen LogP contribution in [0.4, 0.5) is 4.39 Å². The number of allylic oxidation sites excluding steroid dienone is 2. The Morgan fingerprint density at radius 2 is 2.00 bits per heavy atom. The van der Waals surface area contributed by atoms with Gasteiger partial charge in [-0.25, -0.2) is 4.39 Å². The van der Waals surface area contributed by atoms with E-state index in [1.54, 1.807) is 13.0 Å². The minimum absolute atomic E-state index is 0.186. The minimum Gasteiger partial charge on any atom is -0.239 e. The van der Waals surface area contributed by atoms with Crippen molar-refractivity contribution >= 4 is 0 Å². The third kappa shape index (κ3) is 3.38. The molecular weight excluding hydrogens is 151 g/mol. The van der Waals surface area contributed by atoms with Crippen LogP contribution in [0.2, 0.25) is 0 Å². The SMILES string of the molecule is CC.CC1CCCC=CC1(C)F. The molecule has 0 aromatic heterocycles. The van der Waals surface area contributed by atoms with E-state index >= 15 is 0 Å². The van der Waals surface area contributed by atoms with Crippen LogP contribution in [0.1, 0.15) is 47.0 Å². The highest BCUT2D eigenvalue weighted by Gasteiger charge is 2.28. The maximum atomic E-state index is 13.4. The molecule has 1 aliphatic rings. The van der Waals surface area contributed by atoms with E-state index in [0.717, 1.165) is 19.3 Å². The maximum absolute atomic E-state index is 13.4. The molecule has 1 rings (SSSR count). The molecule has 0 spiro atoms. The normalized spacial score (nSPS) is 34.9. The monoisotopic (exact) mass is 172 g/mol. The van der Waals surface area contributed by atoms with Gasteiger partial charge in [-0.1, -0.05) is 32.9 Å². The van der Waals surface area contributed by atoms with Crippen molar-refractivity contribution in [2.45, 2.75) is 52.6 Å². The van der Waals surface area contributed by atoms with Gasteiger partial charge in [-0.15, -0.1) is 0 Å². The highest BCUT2D eigenvalue weighted by Crippen LogP contribution is 2.30. The van der Waals surface area contributed by atoms with Gasteiger partial charge < -0.3 is 0 Å². The molecule has 12 heavy (non-hydrogen) atoms. The Balaban J connectivity index is 0.000000561. The molecule has 0 fully saturated rings. The second kappa shape index (κ2) is 5.34.